The summed E-state index contributed by atoms with van der Waals surface area (Å²) in [5, 5.41) is 0. The van der Waals surface area contributed by atoms with Crippen LogP contribution in [0.25, 0.3) is 10.2 Å². The maximum absolute atomic E-state index is 12.8. The number of ether oxygens (including phenoxy) is 2. The van der Waals surface area contributed by atoms with Crippen LogP contribution in [0.15, 0.2) is 41.4 Å². The summed E-state index contributed by atoms with van der Waals surface area (Å²) in [5.74, 6) is 3.34. The first-order valence-electron chi connectivity index (χ1n) is 8.47. The molecule has 0 bridgehead atoms. The highest BCUT2D eigenvalue weighted by atomic mass is 32.1. The van der Waals surface area contributed by atoms with Crippen LogP contribution in [-0.4, -0.2) is 24.7 Å². The van der Waals surface area contributed by atoms with Gasteiger partial charge in [0.05, 0.1) is 31.0 Å². The molecule has 1 heterocycles. The number of rotatable bonds is 5. The van der Waals surface area contributed by atoms with Crippen LogP contribution in [0, 0.1) is 12.3 Å². The third kappa shape index (κ3) is 3.88. The van der Waals surface area contributed by atoms with Crippen LogP contribution < -0.4 is 14.3 Å². The minimum Gasteiger partial charge on any atom is -0.497 e. The van der Waals surface area contributed by atoms with E-state index in [-0.39, 0.29) is 5.91 Å². The zero-order valence-electron chi connectivity index (χ0n) is 15.5. The molecule has 0 aliphatic heterocycles. The number of methoxy groups -OCH3 is 2. The van der Waals surface area contributed by atoms with Crippen LogP contribution in [0.1, 0.15) is 22.8 Å². The first-order valence-corrected chi connectivity index (χ1v) is 9.29. The van der Waals surface area contributed by atoms with Crippen molar-refractivity contribution in [3.63, 3.8) is 0 Å². The van der Waals surface area contributed by atoms with Crippen LogP contribution in [0.3, 0.4) is 0 Å². The number of nitrogens with zero attached hydrogens (tertiary/aromatic N) is 2. The van der Waals surface area contributed by atoms with Gasteiger partial charge in [-0.1, -0.05) is 30.2 Å². The SMILES string of the molecule is C#CCn1c(=NC(=O)c2cc(OC)cc(OC)c2)sc2cc(CC)ccc21. The number of fused-ring (bicyclic) bond motifs is 1. The lowest BCUT2D eigenvalue weighted by molar-refractivity contribution is 0.0997. The van der Waals surface area contributed by atoms with Gasteiger partial charge in [0, 0.05) is 11.6 Å². The lowest BCUT2D eigenvalue weighted by Crippen LogP contribution is -2.16. The van der Waals surface area contributed by atoms with Crippen molar-refractivity contribution < 1.29 is 14.3 Å². The number of carbonyl (C=O) groups is 1. The summed E-state index contributed by atoms with van der Waals surface area (Å²) in [5.41, 5.74) is 2.60. The second-order valence-corrected chi connectivity index (χ2v) is 6.86. The van der Waals surface area contributed by atoms with E-state index in [0.29, 0.717) is 28.4 Å². The molecule has 6 heteroatoms. The number of benzene rings is 2. The Bertz CT molecular complexity index is 1080. The van der Waals surface area contributed by atoms with Gasteiger partial charge in [0.2, 0.25) is 0 Å². The van der Waals surface area contributed by atoms with Crippen LogP contribution in [0.5, 0.6) is 11.5 Å². The highest BCUT2D eigenvalue weighted by Gasteiger charge is 2.12. The van der Waals surface area contributed by atoms with Gasteiger partial charge in [-0.15, -0.1) is 6.42 Å². The van der Waals surface area contributed by atoms with Crippen LogP contribution >= 0.6 is 11.3 Å². The van der Waals surface area contributed by atoms with Crippen molar-refractivity contribution in [2.75, 3.05) is 14.2 Å². The maximum atomic E-state index is 12.8. The van der Waals surface area contributed by atoms with E-state index in [2.05, 4.69) is 30.0 Å². The predicted octanol–water partition coefficient (Wildman–Crippen LogP) is 3.66. The molecule has 0 aliphatic carbocycles. The minimum absolute atomic E-state index is 0.346. The largest absolute Gasteiger partial charge is 0.497 e. The van der Waals surface area contributed by atoms with Gasteiger partial charge in [-0.25, -0.2) is 0 Å². The van der Waals surface area contributed by atoms with Gasteiger partial charge in [-0.3, -0.25) is 4.79 Å². The highest BCUT2D eigenvalue weighted by Crippen LogP contribution is 2.23. The molecule has 3 rings (SSSR count). The average molecular weight is 380 g/mol. The molecule has 0 radical (unpaired) electrons. The molecular formula is C21H20N2O3S. The fraction of sp³-hybridized carbons (Fsp3) is 0.238. The smallest absolute Gasteiger partial charge is 0.279 e. The summed E-state index contributed by atoms with van der Waals surface area (Å²) in [7, 11) is 3.08. The molecule has 3 aromatic rings. The number of terminal acetylenes is 1. The number of aromatic nitrogens is 1. The number of aryl methyl sites for hydroxylation is 1. The third-order valence-electron chi connectivity index (χ3n) is 4.20. The number of hydrogen-bond acceptors (Lipinski definition) is 4. The Hall–Kier alpha value is -3.04. The van der Waals surface area contributed by atoms with Crippen LogP contribution in [0.4, 0.5) is 0 Å². The first kappa shape index (κ1) is 18.7. The molecule has 0 saturated carbocycles. The lowest BCUT2D eigenvalue weighted by atomic mass is 10.2. The molecule has 0 N–H and O–H groups in total. The molecule has 2 aromatic carbocycles. The Morgan fingerprint density at radius 1 is 1.19 bits per heavy atom. The second-order valence-electron chi connectivity index (χ2n) is 5.85. The molecule has 27 heavy (non-hydrogen) atoms. The van der Waals surface area contributed by atoms with Gasteiger partial charge in [-0.05, 0) is 36.2 Å². The summed E-state index contributed by atoms with van der Waals surface area (Å²) in [4.78, 5) is 17.7. The summed E-state index contributed by atoms with van der Waals surface area (Å²) in [6.45, 7) is 2.45. The Balaban J connectivity index is 2.13. The van der Waals surface area contributed by atoms with Gasteiger partial charge in [0.1, 0.15) is 11.5 Å². The standard InChI is InChI=1S/C21H20N2O3S/c1-5-9-23-18-8-7-14(6-2)10-19(18)27-21(23)22-20(24)15-11-16(25-3)13-17(12-15)26-4/h1,7-8,10-13H,6,9H2,2-4H3. The van der Waals surface area contributed by atoms with Gasteiger partial charge < -0.3 is 14.0 Å². The Morgan fingerprint density at radius 3 is 2.48 bits per heavy atom. The van der Waals surface area contributed by atoms with Crippen molar-refractivity contribution in [2.45, 2.75) is 19.9 Å². The molecule has 138 valence electrons. The number of thiazole rings is 1. The Morgan fingerprint density at radius 2 is 1.89 bits per heavy atom. The monoisotopic (exact) mass is 380 g/mol. The average Bonchev–Trinajstić information content (AvgIpc) is 3.03. The molecule has 0 saturated heterocycles. The van der Waals surface area contributed by atoms with E-state index < -0.39 is 0 Å². The topological polar surface area (TPSA) is 52.8 Å². The number of amides is 1. The zero-order chi connectivity index (χ0) is 19.4. The Kier molecular flexibility index (Phi) is 5.63. The minimum atomic E-state index is -0.375. The van der Waals surface area contributed by atoms with E-state index in [1.165, 1.54) is 16.9 Å². The molecule has 1 aromatic heterocycles. The summed E-state index contributed by atoms with van der Waals surface area (Å²) < 4.78 is 13.4. The van der Waals surface area contributed by atoms with E-state index in [9.17, 15) is 4.79 Å². The quantitative estimate of drug-likeness (QED) is 0.635. The molecule has 5 nitrogen and oxygen atoms in total. The summed E-state index contributed by atoms with van der Waals surface area (Å²) >= 11 is 1.45. The van der Waals surface area contributed by atoms with Crippen molar-refractivity contribution in [3.05, 3.63) is 52.3 Å². The fourth-order valence-electron chi connectivity index (χ4n) is 2.75. The van der Waals surface area contributed by atoms with Crippen molar-refractivity contribution in [2.24, 2.45) is 4.99 Å². The van der Waals surface area contributed by atoms with Crippen molar-refractivity contribution in [3.8, 4) is 23.8 Å². The molecular weight excluding hydrogens is 360 g/mol. The van der Waals surface area contributed by atoms with Crippen LogP contribution in [0.2, 0.25) is 0 Å². The molecule has 1 amide bonds. The second kappa shape index (κ2) is 8.11. The van der Waals surface area contributed by atoms with Crippen molar-refractivity contribution in [1.29, 1.82) is 0 Å². The fourth-order valence-corrected chi connectivity index (χ4v) is 3.84. The van der Waals surface area contributed by atoms with Crippen molar-refractivity contribution in [1.82, 2.24) is 4.57 Å². The van der Waals surface area contributed by atoms with Gasteiger partial charge in [0.15, 0.2) is 4.80 Å². The zero-order valence-corrected chi connectivity index (χ0v) is 16.3. The normalized spacial score (nSPS) is 11.4. The van der Waals surface area contributed by atoms with Gasteiger partial charge >= 0.3 is 0 Å². The van der Waals surface area contributed by atoms with E-state index >= 15 is 0 Å². The van der Waals surface area contributed by atoms with E-state index in [4.69, 9.17) is 15.9 Å². The summed E-state index contributed by atoms with van der Waals surface area (Å²) in [6, 6.07) is 11.2. The van der Waals surface area contributed by atoms with Gasteiger partial charge in [0.25, 0.3) is 5.91 Å². The maximum Gasteiger partial charge on any atom is 0.279 e. The first-order chi connectivity index (χ1) is 13.1. The number of carbonyl (C=O) groups excluding carboxylic acids is 1. The molecule has 0 fully saturated rings. The molecule has 0 atom stereocenters. The number of hydrogen-bond donors (Lipinski definition) is 0. The molecule has 0 aliphatic rings. The summed E-state index contributed by atoms with van der Waals surface area (Å²) in [6.07, 6.45) is 6.47. The van der Waals surface area contributed by atoms with Crippen LogP contribution in [-0.2, 0) is 13.0 Å². The van der Waals surface area contributed by atoms with E-state index in [1.807, 2.05) is 10.6 Å². The Labute approximate surface area is 161 Å². The predicted molar refractivity (Wildman–Crippen MR) is 107 cm³/mol. The highest BCUT2D eigenvalue weighted by molar-refractivity contribution is 7.16. The lowest BCUT2D eigenvalue weighted by Gasteiger charge is -2.06. The van der Waals surface area contributed by atoms with Gasteiger partial charge in [-0.2, -0.15) is 4.99 Å². The van der Waals surface area contributed by atoms with Crippen molar-refractivity contribution >= 4 is 27.5 Å². The third-order valence-corrected chi connectivity index (χ3v) is 5.24. The molecule has 0 spiro atoms. The van der Waals surface area contributed by atoms with E-state index in [0.717, 1.165) is 16.6 Å². The van der Waals surface area contributed by atoms with E-state index in [1.54, 1.807) is 32.4 Å². The molecule has 0 unspecified atom stereocenters.